The number of aromatic nitrogens is 1. The fourth-order valence-electron chi connectivity index (χ4n) is 1.29. The van der Waals surface area contributed by atoms with E-state index in [2.05, 4.69) is 4.98 Å². The lowest BCUT2D eigenvalue weighted by Gasteiger charge is -2.06. The second-order valence-corrected chi connectivity index (χ2v) is 4.80. The van der Waals surface area contributed by atoms with E-state index in [1.807, 2.05) is 0 Å². The molecule has 0 atom stereocenters. The molecule has 0 saturated carbocycles. The summed E-state index contributed by atoms with van der Waals surface area (Å²) in [4.78, 5) is 4.03. The maximum Gasteiger partial charge on any atom is 0.148 e. The van der Waals surface area contributed by atoms with Crippen LogP contribution in [0.1, 0.15) is 0 Å². The number of rotatable bonds is 1. The van der Waals surface area contributed by atoms with Gasteiger partial charge in [0.2, 0.25) is 0 Å². The van der Waals surface area contributed by atoms with E-state index in [-0.39, 0.29) is 15.2 Å². The lowest BCUT2D eigenvalue weighted by atomic mass is 10.1. The zero-order valence-corrected chi connectivity index (χ0v) is 11.2. The maximum atomic E-state index is 13.0. The molecule has 6 heteroatoms. The van der Waals surface area contributed by atoms with E-state index >= 15 is 0 Å². The van der Waals surface area contributed by atoms with Gasteiger partial charge in [-0.2, -0.15) is 0 Å². The molecule has 0 aliphatic carbocycles. The Morgan fingerprint density at radius 3 is 2.24 bits per heavy atom. The van der Waals surface area contributed by atoms with Gasteiger partial charge in [0, 0.05) is 5.56 Å². The lowest BCUT2D eigenvalue weighted by Crippen LogP contribution is -1.88. The SMILES string of the molecule is Fc1ccc(-c2nc(Cl)c(Cl)cc2Cl)cc1Cl. The first-order chi connectivity index (χ1) is 7.99. The normalized spacial score (nSPS) is 10.6. The molecule has 1 aromatic heterocycles. The largest absolute Gasteiger partial charge is 0.233 e. The zero-order chi connectivity index (χ0) is 12.6. The highest BCUT2D eigenvalue weighted by Crippen LogP contribution is 2.33. The molecule has 2 aromatic rings. The first-order valence-corrected chi connectivity index (χ1v) is 5.97. The van der Waals surface area contributed by atoms with Gasteiger partial charge < -0.3 is 0 Å². The second-order valence-electron chi connectivity index (χ2n) is 3.22. The van der Waals surface area contributed by atoms with Crippen molar-refractivity contribution in [1.82, 2.24) is 4.98 Å². The molecule has 0 aliphatic rings. The molecule has 0 spiro atoms. The van der Waals surface area contributed by atoms with E-state index in [1.165, 1.54) is 24.3 Å². The predicted molar refractivity (Wildman–Crippen MR) is 69.7 cm³/mol. The molecule has 1 aromatic carbocycles. The summed E-state index contributed by atoms with van der Waals surface area (Å²) in [7, 11) is 0. The van der Waals surface area contributed by atoms with Gasteiger partial charge in [0.1, 0.15) is 11.0 Å². The van der Waals surface area contributed by atoms with Crippen LogP contribution in [0.5, 0.6) is 0 Å². The van der Waals surface area contributed by atoms with Gasteiger partial charge in [-0.15, -0.1) is 0 Å². The van der Waals surface area contributed by atoms with E-state index < -0.39 is 5.82 Å². The van der Waals surface area contributed by atoms with Crippen LogP contribution in [0.3, 0.4) is 0 Å². The minimum atomic E-state index is -0.508. The Labute approximate surface area is 117 Å². The molecule has 0 saturated heterocycles. The van der Waals surface area contributed by atoms with Crippen molar-refractivity contribution in [3.63, 3.8) is 0 Å². The van der Waals surface area contributed by atoms with Gasteiger partial charge in [0.25, 0.3) is 0 Å². The summed E-state index contributed by atoms with van der Waals surface area (Å²) in [5, 5.41) is 0.702. The van der Waals surface area contributed by atoms with Crippen molar-refractivity contribution < 1.29 is 4.39 Å². The molecule has 0 radical (unpaired) electrons. The van der Waals surface area contributed by atoms with Gasteiger partial charge in [-0.3, -0.25) is 0 Å². The molecule has 1 nitrogen and oxygen atoms in total. The van der Waals surface area contributed by atoms with Crippen LogP contribution in [-0.4, -0.2) is 4.98 Å². The smallest absolute Gasteiger partial charge is 0.148 e. The third-order valence-corrected chi connectivity index (χ3v) is 3.33. The van der Waals surface area contributed by atoms with Crippen molar-refractivity contribution in [1.29, 1.82) is 0 Å². The summed E-state index contributed by atoms with van der Waals surface area (Å²) in [6, 6.07) is 5.65. The standard InChI is InChI=1S/C11H4Cl4FN/c12-6-3-5(1-2-9(6)16)10-7(13)4-8(14)11(15)17-10/h1-4H. The summed E-state index contributed by atoms with van der Waals surface area (Å²) < 4.78 is 13.0. The number of pyridine rings is 1. The summed E-state index contributed by atoms with van der Waals surface area (Å²) in [6.07, 6.45) is 0. The number of nitrogens with zero attached hydrogens (tertiary/aromatic N) is 1. The van der Waals surface area contributed by atoms with Crippen LogP contribution in [-0.2, 0) is 0 Å². The fraction of sp³-hybridized carbons (Fsp3) is 0. The Balaban J connectivity index is 2.60. The van der Waals surface area contributed by atoms with Crippen LogP contribution in [0.2, 0.25) is 20.2 Å². The highest BCUT2D eigenvalue weighted by atomic mass is 35.5. The van der Waals surface area contributed by atoms with E-state index in [9.17, 15) is 4.39 Å². The minimum absolute atomic E-state index is 0.00793. The molecule has 88 valence electrons. The number of hydrogen-bond donors (Lipinski definition) is 0. The second kappa shape index (κ2) is 4.99. The zero-order valence-electron chi connectivity index (χ0n) is 8.15. The first-order valence-electron chi connectivity index (χ1n) is 4.46. The van der Waals surface area contributed by atoms with Crippen molar-refractivity contribution in [3.05, 3.63) is 50.3 Å². The molecule has 0 aliphatic heterocycles. The lowest BCUT2D eigenvalue weighted by molar-refractivity contribution is 0.628. The van der Waals surface area contributed by atoms with Gasteiger partial charge in [-0.1, -0.05) is 46.4 Å². The van der Waals surface area contributed by atoms with Crippen LogP contribution < -0.4 is 0 Å². The Hall–Kier alpha value is -0.540. The predicted octanol–water partition coefficient (Wildman–Crippen LogP) is 5.50. The maximum absolute atomic E-state index is 13.0. The monoisotopic (exact) mass is 309 g/mol. The number of benzene rings is 1. The summed E-state index contributed by atoms with van der Waals surface area (Å²) >= 11 is 23.2. The van der Waals surface area contributed by atoms with Crippen molar-refractivity contribution in [2.45, 2.75) is 0 Å². The van der Waals surface area contributed by atoms with Gasteiger partial charge >= 0.3 is 0 Å². The number of hydrogen-bond acceptors (Lipinski definition) is 1. The quantitative estimate of drug-likeness (QED) is 0.634. The van der Waals surface area contributed by atoms with Crippen LogP contribution in [0.15, 0.2) is 24.3 Å². The van der Waals surface area contributed by atoms with E-state index in [0.29, 0.717) is 16.3 Å². The van der Waals surface area contributed by atoms with Gasteiger partial charge in [0.05, 0.1) is 20.8 Å². The molecule has 0 unspecified atom stereocenters. The molecule has 1 heterocycles. The topological polar surface area (TPSA) is 12.9 Å². The molecule has 2 rings (SSSR count). The Morgan fingerprint density at radius 2 is 1.59 bits per heavy atom. The molecule has 0 bridgehead atoms. The summed E-state index contributed by atoms with van der Waals surface area (Å²) in [6.45, 7) is 0. The number of halogens is 5. The van der Waals surface area contributed by atoms with E-state index in [0.717, 1.165) is 0 Å². The minimum Gasteiger partial charge on any atom is -0.233 e. The van der Waals surface area contributed by atoms with Crippen LogP contribution in [0, 0.1) is 5.82 Å². The fourth-order valence-corrected chi connectivity index (χ4v) is 2.08. The highest BCUT2D eigenvalue weighted by Gasteiger charge is 2.11. The molecule has 0 N–H and O–H groups in total. The van der Waals surface area contributed by atoms with Gasteiger partial charge in [0.15, 0.2) is 0 Å². The average Bonchev–Trinajstić information content (AvgIpc) is 2.27. The Kier molecular flexibility index (Phi) is 3.79. The molecule has 0 amide bonds. The Morgan fingerprint density at radius 1 is 0.882 bits per heavy atom. The summed E-state index contributed by atoms with van der Waals surface area (Å²) in [5.74, 6) is -0.508. The van der Waals surface area contributed by atoms with Gasteiger partial charge in [-0.25, -0.2) is 9.37 Å². The van der Waals surface area contributed by atoms with Gasteiger partial charge in [-0.05, 0) is 24.3 Å². The van der Waals surface area contributed by atoms with Crippen LogP contribution in [0.25, 0.3) is 11.3 Å². The molecule has 0 fully saturated rings. The molecule has 17 heavy (non-hydrogen) atoms. The summed E-state index contributed by atoms with van der Waals surface area (Å²) in [5.41, 5.74) is 0.975. The van der Waals surface area contributed by atoms with Crippen molar-refractivity contribution in [2.24, 2.45) is 0 Å². The van der Waals surface area contributed by atoms with Crippen molar-refractivity contribution in [3.8, 4) is 11.3 Å². The molecular weight excluding hydrogens is 307 g/mol. The average molecular weight is 311 g/mol. The van der Waals surface area contributed by atoms with Crippen LogP contribution in [0.4, 0.5) is 4.39 Å². The Bertz CT molecular complexity index is 586. The third-order valence-electron chi connectivity index (χ3n) is 2.08. The van der Waals surface area contributed by atoms with Crippen molar-refractivity contribution in [2.75, 3.05) is 0 Å². The molecular formula is C11H4Cl4FN. The first kappa shape index (κ1) is 12.9. The van der Waals surface area contributed by atoms with E-state index in [4.69, 9.17) is 46.4 Å². The van der Waals surface area contributed by atoms with Crippen LogP contribution >= 0.6 is 46.4 Å². The van der Waals surface area contributed by atoms with Crippen molar-refractivity contribution >= 4 is 46.4 Å². The third kappa shape index (κ3) is 2.66. The van der Waals surface area contributed by atoms with E-state index in [1.54, 1.807) is 0 Å². The highest BCUT2D eigenvalue weighted by molar-refractivity contribution is 6.43.